The zero-order valence-corrected chi connectivity index (χ0v) is 17.9. The van der Waals surface area contributed by atoms with Crippen LogP contribution >= 0.6 is 0 Å². The Morgan fingerprint density at radius 3 is 2.67 bits per heavy atom. The molecule has 0 atom stereocenters. The van der Waals surface area contributed by atoms with Crippen LogP contribution in [0.1, 0.15) is 5.69 Å². The van der Waals surface area contributed by atoms with E-state index in [1.807, 2.05) is 37.1 Å². The number of aromatic nitrogens is 2. The Hall–Kier alpha value is -2.78. The van der Waals surface area contributed by atoms with Gasteiger partial charge < -0.3 is 19.9 Å². The van der Waals surface area contributed by atoms with Crippen LogP contribution in [-0.4, -0.2) is 64.0 Å². The van der Waals surface area contributed by atoms with Gasteiger partial charge in [-0.2, -0.15) is 17.6 Å². The van der Waals surface area contributed by atoms with Crippen LogP contribution in [0.2, 0.25) is 0 Å². The molecule has 0 saturated carbocycles. The minimum Gasteiger partial charge on any atom is -0.490 e. The third kappa shape index (κ3) is 3.09. The van der Waals surface area contributed by atoms with Crippen LogP contribution in [-0.2, 0) is 10.0 Å². The van der Waals surface area contributed by atoms with Gasteiger partial charge in [-0.15, -0.1) is 0 Å². The molecule has 3 aromatic rings. The molecule has 2 aromatic carbocycles. The van der Waals surface area contributed by atoms with E-state index >= 15 is 0 Å². The summed E-state index contributed by atoms with van der Waals surface area (Å²) in [7, 11) is -1.92. The van der Waals surface area contributed by atoms with E-state index in [0.717, 1.165) is 42.9 Å². The molecule has 0 spiro atoms. The summed E-state index contributed by atoms with van der Waals surface area (Å²) in [5.74, 6) is 0.699. The van der Waals surface area contributed by atoms with Crippen LogP contribution in [0.3, 0.4) is 0 Å². The SMILES string of the molecule is Cc1nn(S(=O)(=O)c2ccc3c(c2)N(C)CCO3)c2cc(N3CCNCC3)ccc12. The molecule has 0 unspecified atom stereocenters. The van der Waals surface area contributed by atoms with E-state index in [4.69, 9.17) is 4.74 Å². The first-order chi connectivity index (χ1) is 14.4. The Morgan fingerprint density at radius 1 is 1.07 bits per heavy atom. The number of rotatable bonds is 3. The Balaban J connectivity index is 1.62. The normalized spacial score (nSPS) is 17.1. The second kappa shape index (κ2) is 7.17. The van der Waals surface area contributed by atoms with Gasteiger partial charge in [0, 0.05) is 44.3 Å². The second-order valence-electron chi connectivity index (χ2n) is 7.77. The molecule has 2 aliphatic heterocycles. The number of hydrogen-bond acceptors (Lipinski definition) is 7. The van der Waals surface area contributed by atoms with Gasteiger partial charge in [0.1, 0.15) is 12.4 Å². The van der Waals surface area contributed by atoms with Crippen molar-refractivity contribution < 1.29 is 13.2 Å². The summed E-state index contributed by atoms with van der Waals surface area (Å²) in [6.07, 6.45) is 0. The van der Waals surface area contributed by atoms with E-state index < -0.39 is 10.0 Å². The average Bonchev–Trinajstić information content (AvgIpc) is 3.11. The van der Waals surface area contributed by atoms with Crippen molar-refractivity contribution in [1.29, 1.82) is 0 Å². The van der Waals surface area contributed by atoms with Crippen molar-refractivity contribution in [2.45, 2.75) is 11.8 Å². The van der Waals surface area contributed by atoms with Gasteiger partial charge in [-0.1, -0.05) is 0 Å². The van der Waals surface area contributed by atoms with Crippen LogP contribution in [0.25, 0.3) is 10.9 Å². The van der Waals surface area contributed by atoms with E-state index in [1.54, 1.807) is 18.2 Å². The molecule has 30 heavy (non-hydrogen) atoms. The Bertz CT molecular complexity index is 1210. The topological polar surface area (TPSA) is 79.7 Å². The van der Waals surface area contributed by atoms with Crippen LogP contribution in [0.5, 0.6) is 5.75 Å². The molecule has 1 fully saturated rings. The molecule has 0 amide bonds. The first-order valence-electron chi connectivity index (χ1n) is 10.1. The highest BCUT2D eigenvalue weighted by Gasteiger charge is 2.26. The van der Waals surface area contributed by atoms with Gasteiger partial charge in [0.2, 0.25) is 0 Å². The van der Waals surface area contributed by atoms with Crippen molar-refractivity contribution in [1.82, 2.24) is 14.5 Å². The van der Waals surface area contributed by atoms with Crippen LogP contribution in [0.4, 0.5) is 11.4 Å². The summed E-state index contributed by atoms with van der Waals surface area (Å²) in [6.45, 7) is 6.76. The molecule has 1 saturated heterocycles. The lowest BCUT2D eigenvalue weighted by Gasteiger charge is -2.29. The molecule has 1 N–H and O–H groups in total. The van der Waals surface area contributed by atoms with E-state index in [9.17, 15) is 8.42 Å². The Kier molecular flexibility index (Phi) is 4.59. The molecule has 5 rings (SSSR count). The summed E-state index contributed by atoms with van der Waals surface area (Å²) in [6, 6.07) is 10.9. The number of aryl methyl sites for hydroxylation is 1. The zero-order valence-electron chi connectivity index (χ0n) is 17.1. The number of ether oxygens (including phenoxy) is 1. The fraction of sp³-hybridized carbons (Fsp3) is 0.381. The summed E-state index contributed by atoms with van der Waals surface area (Å²) in [5.41, 5.74) is 3.08. The van der Waals surface area contributed by atoms with E-state index in [-0.39, 0.29) is 4.90 Å². The molecule has 2 aliphatic rings. The second-order valence-corrected chi connectivity index (χ2v) is 9.54. The van der Waals surface area contributed by atoms with Crippen molar-refractivity contribution in [2.24, 2.45) is 0 Å². The zero-order chi connectivity index (χ0) is 20.9. The van der Waals surface area contributed by atoms with Crippen molar-refractivity contribution >= 4 is 32.3 Å². The van der Waals surface area contributed by atoms with E-state index in [2.05, 4.69) is 15.3 Å². The molecule has 1 aromatic heterocycles. The maximum atomic E-state index is 13.6. The first-order valence-corrected chi connectivity index (χ1v) is 11.6. The highest BCUT2D eigenvalue weighted by Crippen LogP contribution is 2.34. The van der Waals surface area contributed by atoms with Crippen molar-refractivity contribution in [2.75, 3.05) is 56.2 Å². The summed E-state index contributed by atoms with van der Waals surface area (Å²) < 4.78 is 33.9. The van der Waals surface area contributed by atoms with Crippen molar-refractivity contribution in [3.05, 3.63) is 42.1 Å². The molecule has 0 aliphatic carbocycles. The molecular weight excluding hydrogens is 402 g/mol. The van der Waals surface area contributed by atoms with Gasteiger partial charge in [-0.25, -0.2) is 0 Å². The van der Waals surface area contributed by atoms with Crippen LogP contribution in [0.15, 0.2) is 41.3 Å². The molecule has 9 heteroatoms. The monoisotopic (exact) mass is 427 g/mol. The fourth-order valence-electron chi connectivity index (χ4n) is 4.12. The largest absolute Gasteiger partial charge is 0.490 e. The minimum atomic E-state index is -3.86. The predicted octanol–water partition coefficient (Wildman–Crippen LogP) is 1.82. The smallest absolute Gasteiger partial charge is 0.283 e. The minimum absolute atomic E-state index is 0.204. The molecule has 0 radical (unpaired) electrons. The van der Waals surface area contributed by atoms with E-state index in [1.165, 1.54) is 4.09 Å². The van der Waals surface area contributed by atoms with Crippen molar-refractivity contribution in [3.63, 3.8) is 0 Å². The third-order valence-electron chi connectivity index (χ3n) is 5.85. The van der Waals surface area contributed by atoms with Gasteiger partial charge in [-0.05, 0) is 43.3 Å². The lowest BCUT2D eigenvalue weighted by Crippen LogP contribution is -2.43. The van der Waals surface area contributed by atoms with Gasteiger partial charge in [0.15, 0.2) is 0 Å². The van der Waals surface area contributed by atoms with Gasteiger partial charge in [0.05, 0.1) is 28.3 Å². The first kappa shape index (κ1) is 19.2. The summed E-state index contributed by atoms with van der Waals surface area (Å²) in [4.78, 5) is 4.48. The molecule has 158 valence electrons. The lowest BCUT2D eigenvalue weighted by atomic mass is 10.2. The quantitative estimate of drug-likeness (QED) is 0.683. The predicted molar refractivity (Wildman–Crippen MR) is 117 cm³/mol. The third-order valence-corrected chi connectivity index (χ3v) is 7.43. The van der Waals surface area contributed by atoms with Crippen LogP contribution in [0, 0.1) is 6.92 Å². The Labute approximate surface area is 176 Å². The molecule has 8 nitrogen and oxygen atoms in total. The number of nitrogens with zero attached hydrogens (tertiary/aromatic N) is 4. The maximum absolute atomic E-state index is 13.6. The standard InChI is InChI=1S/C21H25N5O3S/c1-15-18-5-3-16(25-9-7-22-8-10-25)13-19(18)26(23-15)30(27,28)17-4-6-21-20(14-17)24(2)11-12-29-21/h3-6,13-14,22H,7-12H2,1-2H3. The number of hydrogen-bond donors (Lipinski definition) is 1. The number of fused-ring (bicyclic) bond motifs is 2. The number of anilines is 2. The highest BCUT2D eigenvalue weighted by atomic mass is 32.2. The highest BCUT2D eigenvalue weighted by molar-refractivity contribution is 7.90. The number of benzene rings is 2. The Morgan fingerprint density at radius 2 is 1.87 bits per heavy atom. The van der Waals surface area contributed by atoms with Gasteiger partial charge in [0.25, 0.3) is 10.0 Å². The molecular formula is C21H25N5O3S. The summed E-state index contributed by atoms with van der Waals surface area (Å²) in [5, 5.41) is 8.59. The fourth-order valence-corrected chi connectivity index (χ4v) is 5.46. The van der Waals surface area contributed by atoms with Crippen LogP contribution < -0.4 is 19.9 Å². The van der Waals surface area contributed by atoms with E-state index in [0.29, 0.717) is 30.1 Å². The van der Waals surface area contributed by atoms with Gasteiger partial charge >= 0.3 is 0 Å². The average molecular weight is 428 g/mol. The number of nitrogens with one attached hydrogen (secondary N) is 1. The van der Waals surface area contributed by atoms with Gasteiger partial charge in [-0.3, -0.25) is 0 Å². The molecule has 3 heterocycles. The lowest BCUT2D eigenvalue weighted by molar-refractivity contribution is 0.311. The van der Waals surface area contributed by atoms with Crippen molar-refractivity contribution in [3.8, 4) is 5.75 Å². The summed E-state index contributed by atoms with van der Waals surface area (Å²) >= 11 is 0. The number of likely N-dealkylation sites (N-methyl/N-ethyl adjacent to an activating group) is 1. The maximum Gasteiger partial charge on any atom is 0.283 e. The number of piperazine rings is 1. The molecule has 0 bridgehead atoms.